The molecule has 0 radical (unpaired) electrons. The van der Waals surface area contributed by atoms with Gasteiger partial charge in [-0.1, -0.05) is 12.1 Å². The Balaban J connectivity index is 2.29. The molecule has 2 rings (SSSR count). The lowest BCUT2D eigenvalue weighted by Crippen LogP contribution is -2.40. The van der Waals surface area contributed by atoms with Gasteiger partial charge in [-0.25, -0.2) is 9.97 Å². The van der Waals surface area contributed by atoms with Gasteiger partial charge in [0.1, 0.15) is 0 Å². The number of nitrogens with two attached hydrogens (primary N) is 1. The van der Waals surface area contributed by atoms with Crippen molar-refractivity contribution in [1.29, 1.82) is 0 Å². The maximum atomic E-state index is 11.9. The first-order valence-electron chi connectivity index (χ1n) is 7.07. The van der Waals surface area contributed by atoms with Crippen LogP contribution in [-0.4, -0.2) is 35.0 Å². The molecule has 0 aliphatic heterocycles. The minimum absolute atomic E-state index is 0.0544. The molecule has 0 saturated carbocycles. The average Bonchev–Trinajstić information content (AvgIpc) is 2.43. The van der Waals surface area contributed by atoms with Gasteiger partial charge in [-0.3, -0.25) is 4.79 Å². The molecule has 0 fully saturated rings. The molecule has 1 heterocycles. The van der Waals surface area contributed by atoms with Crippen molar-refractivity contribution in [3.63, 3.8) is 0 Å². The van der Waals surface area contributed by atoms with Crippen molar-refractivity contribution in [2.75, 3.05) is 23.7 Å². The monoisotopic (exact) mass is 287 g/mol. The number of fused-ring (bicyclic) bond motifs is 1. The summed E-state index contributed by atoms with van der Waals surface area (Å²) in [6, 6.07) is 7.65. The molecular weight excluding hydrogens is 266 g/mol. The van der Waals surface area contributed by atoms with Gasteiger partial charge in [0.15, 0.2) is 11.6 Å². The Hall–Kier alpha value is -2.37. The molecule has 1 aromatic heterocycles. The van der Waals surface area contributed by atoms with Gasteiger partial charge in [-0.15, -0.1) is 0 Å². The smallest absolute Gasteiger partial charge is 0.239 e. The quantitative estimate of drug-likeness (QED) is 0.872. The molecular formula is C15H21N5O. The van der Waals surface area contributed by atoms with Crippen molar-refractivity contribution in [3.05, 3.63) is 24.3 Å². The number of benzene rings is 1. The van der Waals surface area contributed by atoms with E-state index >= 15 is 0 Å². The highest BCUT2D eigenvalue weighted by Gasteiger charge is 2.16. The SMILES string of the molecule is CCN(CC(=O)NC(C)C)c1nc2ccccc2nc1N. The third-order valence-corrected chi connectivity index (χ3v) is 3.04. The summed E-state index contributed by atoms with van der Waals surface area (Å²) in [5.74, 6) is 0.837. The third kappa shape index (κ3) is 3.59. The molecule has 1 amide bonds. The first kappa shape index (κ1) is 15.0. The Bertz CT molecular complexity index is 641. The average molecular weight is 287 g/mol. The van der Waals surface area contributed by atoms with Gasteiger partial charge in [-0.05, 0) is 32.9 Å². The molecule has 6 heteroatoms. The fourth-order valence-electron chi connectivity index (χ4n) is 2.11. The third-order valence-electron chi connectivity index (χ3n) is 3.04. The Labute approximate surface area is 124 Å². The predicted molar refractivity (Wildman–Crippen MR) is 85.1 cm³/mol. The van der Waals surface area contributed by atoms with Crippen molar-refractivity contribution in [1.82, 2.24) is 15.3 Å². The van der Waals surface area contributed by atoms with Crippen LogP contribution in [0.5, 0.6) is 0 Å². The van der Waals surface area contributed by atoms with Gasteiger partial charge in [0.2, 0.25) is 5.91 Å². The zero-order chi connectivity index (χ0) is 15.4. The summed E-state index contributed by atoms with van der Waals surface area (Å²) in [6.45, 7) is 6.66. The second-order valence-electron chi connectivity index (χ2n) is 5.16. The minimum Gasteiger partial charge on any atom is -0.381 e. The second-order valence-corrected chi connectivity index (χ2v) is 5.16. The Morgan fingerprint density at radius 1 is 1.29 bits per heavy atom. The summed E-state index contributed by atoms with van der Waals surface area (Å²) in [6.07, 6.45) is 0. The minimum atomic E-state index is -0.0544. The van der Waals surface area contributed by atoms with Crippen molar-refractivity contribution in [2.45, 2.75) is 26.8 Å². The molecule has 1 aromatic carbocycles. The van der Waals surface area contributed by atoms with E-state index in [1.807, 2.05) is 49.9 Å². The molecule has 3 N–H and O–H groups in total. The van der Waals surface area contributed by atoms with Crippen LogP contribution in [0.25, 0.3) is 11.0 Å². The maximum Gasteiger partial charge on any atom is 0.239 e. The number of nitrogens with zero attached hydrogens (tertiary/aromatic N) is 3. The van der Waals surface area contributed by atoms with E-state index in [9.17, 15) is 4.79 Å². The van der Waals surface area contributed by atoms with Crippen LogP contribution in [-0.2, 0) is 4.79 Å². The zero-order valence-electron chi connectivity index (χ0n) is 12.6. The van der Waals surface area contributed by atoms with E-state index in [1.165, 1.54) is 0 Å². The second kappa shape index (κ2) is 6.39. The number of rotatable bonds is 5. The molecule has 0 atom stereocenters. The van der Waals surface area contributed by atoms with Crippen LogP contribution in [0.2, 0.25) is 0 Å². The molecule has 2 aromatic rings. The number of anilines is 2. The molecule has 0 unspecified atom stereocenters. The Morgan fingerprint density at radius 3 is 2.48 bits per heavy atom. The van der Waals surface area contributed by atoms with E-state index in [0.717, 1.165) is 11.0 Å². The summed E-state index contributed by atoms with van der Waals surface area (Å²) >= 11 is 0. The van der Waals surface area contributed by atoms with E-state index in [1.54, 1.807) is 0 Å². The fourth-order valence-corrected chi connectivity index (χ4v) is 2.11. The van der Waals surface area contributed by atoms with Crippen molar-refractivity contribution in [3.8, 4) is 0 Å². The molecule has 0 spiro atoms. The van der Waals surface area contributed by atoms with E-state index in [-0.39, 0.29) is 18.5 Å². The summed E-state index contributed by atoms with van der Waals surface area (Å²) in [5.41, 5.74) is 7.51. The molecule has 0 aliphatic rings. The van der Waals surface area contributed by atoms with Crippen LogP contribution in [0.15, 0.2) is 24.3 Å². The van der Waals surface area contributed by atoms with Gasteiger partial charge in [0.05, 0.1) is 17.6 Å². The summed E-state index contributed by atoms with van der Waals surface area (Å²) in [4.78, 5) is 22.6. The zero-order valence-corrected chi connectivity index (χ0v) is 12.6. The van der Waals surface area contributed by atoms with Crippen LogP contribution >= 0.6 is 0 Å². The van der Waals surface area contributed by atoms with Crippen molar-refractivity contribution in [2.24, 2.45) is 0 Å². The van der Waals surface area contributed by atoms with Gasteiger partial charge in [0, 0.05) is 12.6 Å². The van der Waals surface area contributed by atoms with Crippen LogP contribution in [0.4, 0.5) is 11.6 Å². The molecule has 0 aliphatic carbocycles. The number of hydrogen-bond donors (Lipinski definition) is 2. The highest BCUT2D eigenvalue weighted by atomic mass is 16.2. The lowest BCUT2D eigenvalue weighted by molar-refractivity contribution is -0.120. The largest absolute Gasteiger partial charge is 0.381 e. The first-order chi connectivity index (χ1) is 10.0. The maximum absolute atomic E-state index is 11.9. The Morgan fingerprint density at radius 2 is 1.90 bits per heavy atom. The topological polar surface area (TPSA) is 84.1 Å². The number of para-hydroxylation sites is 2. The lowest BCUT2D eigenvalue weighted by atomic mass is 10.3. The molecule has 0 bridgehead atoms. The predicted octanol–water partition coefficient (Wildman–Crippen LogP) is 1.56. The van der Waals surface area contributed by atoms with E-state index in [0.29, 0.717) is 18.2 Å². The fraction of sp³-hybridized carbons (Fsp3) is 0.400. The summed E-state index contributed by atoms with van der Waals surface area (Å²) < 4.78 is 0. The summed E-state index contributed by atoms with van der Waals surface area (Å²) in [7, 11) is 0. The first-order valence-corrected chi connectivity index (χ1v) is 7.07. The van der Waals surface area contributed by atoms with E-state index < -0.39 is 0 Å². The number of carbonyl (C=O) groups excluding carboxylic acids is 1. The van der Waals surface area contributed by atoms with E-state index in [2.05, 4.69) is 15.3 Å². The number of amides is 1. The lowest BCUT2D eigenvalue weighted by Gasteiger charge is -2.23. The van der Waals surface area contributed by atoms with Gasteiger partial charge in [0.25, 0.3) is 0 Å². The Kier molecular flexibility index (Phi) is 4.57. The normalized spacial score (nSPS) is 10.9. The number of nitrogen functional groups attached to an aromatic ring is 1. The highest BCUT2D eigenvalue weighted by Crippen LogP contribution is 2.21. The van der Waals surface area contributed by atoms with Gasteiger partial charge in [-0.2, -0.15) is 0 Å². The summed E-state index contributed by atoms with van der Waals surface area (Å²) in [5, 5.41) is 2.86. The van der Waals surface area contributed by atoms with Crippen molar-refractivity contribution < 1.29 is 4.79 Å². The number of likely N-dealkylation sites (N-methyl/N-ethyl adjacent to an activating group) is 1. The van der Waals surface area contributed by atoms with Crippen LogP contribution in [0, 0.1) is 0 Å². The molecule has 0 saturated heterocycles. The number of nitrogens with one attached hydrogen (secondary N) is 1. The molecule has 6 nitrogen and oxygen atoms in total. The number of aromatic nitrogens is 2. The van der Waals surface area contributed by atoms with E-state index in [4.69, 9.17) is 5.73 Å². The highest BCUT2D eigenvalue weighted by molar-refractivity contribution is 5.84. The van der Waals surface area contributed by atoms with Gasteiger partial charge >= 0.3 is 0 Å². The van der Waals surface area contributed by atoms with Crippen LogP contribution < -0.4 is 16.0 Å². The molecule has 112 valence electrons. The van der Waals surface area contributed by atoms with Crippen LogP contribution in [0.3, 0.4) is 0 Å². The van der Waals surface area contributed by atoms with Crippen molar-refractivity contribution >= 4 is 28.6 Å². The van der Waals surface area contributed by atoms with Gasteiger partial charge < -0.3 is 16.0 Å². The van der Waals surface area contributed by atoms with Crippen LogP contribution in [0.1, 0.15) is 20.8 Å². The standard InChI is InChI=1S/C15H21N5O/c1-4-20(9-13(21)17-10(2)3)15-14(16)18-11-7-5-6-8-12(11)19-15/h5-8,10H,4,9H2,1-3H3,(H2,16,18)(H,17,21). The molecule has 21 heavy (non-hydrogen) atoms. The number of carbonyl (C=O) groups is 1. The number of hydrogen-bond acceptors (Lipinski definition) is 5.